The van der Waals surface area contributed by atoms with Crippen molar-refractivity contribution in [3.63, 3.8) is 0 Å². The van der Waals surface area contributed by atoms with Gasteiger partial charge in [0, 0.05) is 5.69 Å². The number of rotatable bonds is 1. The minimum atomic E-state index is 0.777. The van der Waals surface area contributed by atoms with Crippen LogP contribution in [0.5, 0.6) is 0 Å². The highest BCUT2D eigenvalue weighted by Crippen LogP contribution is 2.07. The first-order valence-electron chi connectivity index (χ1n) is 3.78. The molecule has 3 heteroatoms. The summed E-state index contributed by atoms with van der Waals surface area (Å²) < 4.78 is 0. The Hall–Kier alpha value is -0.800. The Morgan fingerprint density at radius 1 is 1.33 bits per heavy atom. The van der Waals surface area contributed by atoms with Crippen molar-refractivity contribution in [3.05, 3.63) is 29.8 Å². The van der Waals surface area contributed by atoms with Crippen LogP contribution in [0.15, 0.2) is 24.3 Å². The lowest BCUT2D eigenvalue weighted by molar-refractivity contribution is 1.46. The highest BCUT2D eigenvalue weighted by atomic mass is 32.1. The number of anilines is 1. The number of nitrogens with one attached hydrogen (secondary N) is 1. The molecule has 1 aromatic carbocycles. The molecular weight excluding hydrogens is 168 g/mol. The molecule has 0 heterocycles. The molecule has 1 aromatic rings. The summed E-state index contributed by atoms with van der Waals surface area (Å²) >= 11 is 1.07. The van der Waals surface area contributed by atoms with E-state index in [9.17, 15) is 0 Å². The molecule has 0 radical (unpaired) electrons. The van der Waals surface area contributed by atoms with E-state index in [1.807, 2.05) is 18.4 Å². The van der Waals surface area contributed by atoms with Gasteiger partial charge in [-0.15, -0.1) is 0 Å². The van der Waals surface area contributed by atoms with E-state index in [1.54, 1.807) is 0 Å². The largest absolute Gasteiger partial charge is 0.342 e. The molecule has 3 N–H and O–H groups in total. The lowest BCUT2D eigenvalue weighted by Gasteiger charge is -2.04. The lowest BCUT2D eigenvalue weighted by Crippen LogP contribution is -2.19. The number of aryl methyl sites for hydroxylation is 1. The van der Waals surface area contributed by atoms with Crippen LogP contribution in [-0.2, 0) is 0 Å². The Bertz CT molecular complexity index is 277. The Morgan fingerprint density at radius 2 is 1.92 bits per heavy atom. The minimum absolute atomic E-state index is 0.777. The second-order valence-electron chi connectivity index (χ2n) is 2.60. The van der Waals surface area contributed by atoms with E-state index in [0.29, 0.717) is 0 Å². The molecule has 0 fully saturated rings. The molecule has 0 aliphatic carbocycles. The fourth-order valence-corrected chi connectivity index (χ4v) is 1.08. The van der Waals surface area contributed by atoms with E-state index in [2.05, 4.69) is 24.4 Å². The topological polar surface area (TPSA) is 38.0 Å². The van der Waals surface area contributed by atoms with Gasteiger partial charge < -0.3 is 5.32 Å². The zero-order valence-corrected chi connectivity index (χ0v) is 8.23. The molecule has 0 amide bonds. The van der Waals surface area contributed by atoms with Crippen molar-refractivity contribution in [2.75, 3.05) is 11.6 Å². The highest BCUT2D eigenvalue weighted by molar-refractivity contribution is 7.98. The quantitative estimate of drug-likeness (QED) is 0.455. The molecule has 0 saturated heterocycles. The Morgan fingerprint density at radius 3 is 2.42 bits per heavy atom. The van der Waals surface area contributed by atoms with Gasteiger partial charge in [-0.05, 0) is 25.3 Å². The summed E-state index contributed by atoms with van der Waals surface area (Å²) in [6.07, 6.45) is 2.00. The first kappa shape index (κ1) is 9.29. The fourth-order valence-electron chi connectivity index (χ4n) is 0.841. The van der Waals surface area contributed by atoms with Crippen molar-refractivity contribution in [3.8, 4) is 0 Å². The molecule has 0 aliphatic rings. The van der Waals surface area contributed by atoms with E-state index in [-0.39, 0.29) is 0 Å². The molecule has 2 nitrogen and oxygen atoms in total. The number of hydrogen-bond donors (Lipinski definition) is 3. The van der Waals surface area contributed by atoms with Crippen LogP contribution in [0, 0.1) is 6.92 Å². The first-order chi connectivity index (χ1) is 5.72. The summed E-state index contributed by atoms with van der Waals surface area (Å²) in [7, 11) is 0. The maximum atomic E-state index is 5.64. The van der Waals surface area contributed by atoms with E-state index in [4.69, 9.17) is 5.73 Å². The van der Waals surface area contributed by atoms with Crippen molar-refractivity contribution in [2.45, 2.75) is 6.92 Å². The molecule has 0 saturated carbocycles. The monoisotopic (exact) mass is 182 g/mol. The van der Waals surface area contributed by atoms with E-state index in [0.717, 1.165) is 22.2 Å². The second kappa shape index (κ2) is 4.28. The van der Waals surface area contributed by atoms with Crippen molar-refractivity contribution < 1.29 is 0 Å². The summed E-state index contributed by atoms with van der Waals surface area (Å²) in [5, 5.41) is 3.88. The molecule has 0 aromatic heterocycles. The van der Waals surface area contributed by atoms with Crippen molar-refractivity contribution in [2.24, 2.45) is 5.73 Å². The minimum Gasteiger partial charge on any atom is -0.342 e. The van der Waals surface area contributed by atoms with Gasteiger partial charge in [0.2, 0.25) is 0 Å². The third-order valence-electron chi connectivity index (χ3n) is 1.56. The van der Waals surface area contributed by atoms with Gasteiger partial charge in [0.15, 0.2) is 0 Å². The average molecular weight is 182 g/mol. The predicted octanol–water partition coefficient (Wildman–Crippen LogP) is 1.55. The lowest BCUT2D eigenvalue weighted by atomic mass is 10.2. The molecule has 0 unspecified atom stereocenters. The van der Waals surface area contributed by atoms with Crippen LogP contribution in [0.4, 0.5) is 5.69 Å². The SMILES string of the molecule is C/[SH]=C(/N)Nc1ccc(C)cc1. The van der Waals surface area contributed by atoms with Gasteiger partial charge in [-0.25, -0.2) is 0 Å². The molecule has 66 valence electrons. The molecule has 0 aliphatic heterocycles. The van der Waals surface area contributed by atoms with Gasteiger partial charge >= 0.3 is 0 Å². The zero-order chi connectivity index (χ0) is 8.97. The van der Waals surface area contributed by atoms with Gasteiger partial charge in [-0.1, -0.05) is 17.7 Å². The van der Waals surface area contributed by atoms with Crippen molar-refractivity contribution >= 4 is 22.2 Å². The molecular formula is C9H14N2S. The standard InChI is InChI=1S/C9H14N2S/c1-7-3-5-8(6-4-7)11-9(10)12-2/h3-6,11-12H,10H2,1-2H3. The summed E-state index contributed by atoms with van der Waals surface area (Å²) in [6.45, 7) is 2.06. The number of hydrogen-bond acceptors (Lipinski definition) is 0. The van der Waals surface area contributed by atoms with Crippen LogP contribution in [0.1, 0.15) is 5.56 Å². The van der Waals surface area contributed by atoms with Crippen LogP contribution in [-0.4, -0.2) is 11.4 Å². The Balaban J connectivity index is 2.71. The first-order valence-corrected chi connectivity index (χ1v) is 5.12. The maximum absolute atomic E-state index is 5.64. The average Bonchev–Trinajstić information content (AvgIpc) is 2.09. The van der Waals surface area contributed by atoms with Crippen molar-refractivity contribution in [1.82, 2.24) is 0 Å². The molecule has 0 bridgehead atoms. The van der Waals surface area contributed by atoms with E-state index >= 15 is 0 Å². The summed E-state index contributed by atoms with van der Waals surface area (Å²) in [6, 6.07) is 8.16. The van der Waals surface area contributed by atoms with Crippen molar-refractivity contribution in [1.29, 1.82) is 0 Å². The summed E-state index contributed by atoms with van der Waals surface area (Å²) in [5.41, 5.74) is 7.94. The fraction of sp³-hybridized carbons (Fsp3) is 0.222. The van der Waals surface area contributed by atoms with Gasteiger partial charge in [-0.2, -0.15) is 11.4 Å². The van der Waals surface area contributed by atoms with Crippen LogP contribution >= 0.6 is 11.4 Å². The number of thiol groups is 1. The van der Waals surface area contributed by atoms with Gasteiger partial charge in [-0.3, -0.25) is 5.73 Å². The number of nitrogens with two attached hydrogens (primary N) is 1. The third-order valence-corrected chi connectivity index (χ3v) is 2.16. The molecule has 0 atom stereocenters. The molecule has 0 spiro atoms. The second-order valence-corrected chi connectivity index (χ2v) is 3.53. The predicted molar refractivity (Wildman–Crippen MR) is 58.9 cm³/mol. The van der Waals surface area contributed by atoms with E-state index < -0.39 is 0 Å². The summed E-state index contributed by atoms with van der Waals surface area (Å²) in [5.74, 6) is 0. The third kappa shape index (κ3) is 2.68. The zero-order valence-electron chi connectivity index (χ0n) is 7.33. The van der Waals surface area contributed by atoms with Crippen LogP contribution in [0.3, 0.4) is 0 Å². The molecule has 12 heavy (non-hydrogen) atoms. The van der Waals surface area contributed by atoms with Crippen LogP contribution < -0.4 is 11.1 Å². The van der Waals surface area contributed by atoms with Gasteiger partial charge in [0.1, 0.15) is 5.11 Å². The van der Waals surface area contributed by atoms with Crippen LogP contribution in [0.2, 0.25) is 0 Å². The molecule has 1 rings (SSSR count). The Kier molecular flexibility index (Phi) is 3.31. The van der Waals surface area contributed by atoms with Gasteiger partial charge in [0.25, 0.3) is 0 Å². The number of benzene rings is 1. The van der Waals surface area contributed by atoms with Gasteiger partial charge in [0.05, 0.1) is 0 Å². The maximum Gasteiger partial charge on any atom is 0.102 e. The summed E-state index contributed by atoms with van der Waals surface area (Å²) in [4.78, 5) is 0. The normalized spacial score (nSPS) is 12.1. The Labute approximate surface area is 76.7 Å². The van der Waals surface area contributed by atoms with E-state index in [1.165, 1.54) is 5.56 Å². The van der Waals surface area contributed by atoms with Crippen LogP contribution in [0.25, 0.3) is 0 Å². The highest BCUT2D eigenvalue weighted by Gasteiger charge is 1.90. The smallest absolute Gasteiger partial charge is 0.102 e.